The third-order valence-corrected chi connectivity index (χ3v) is 4.62. The van der Waals surface area contributed by atoms with Crippen molar-refractivity contribution in [1.29, 1.82) is 0 Å². The van der Waals surface area contributed by atoms with Crippen LogP contribution in [0.3, 0.4) is 0 Å². The summed E-state index contributed by atoms with van der Waals surface area (Å²) in [5.74, 6) is 1.10. The third kappa shape index (κ3) is 4.30. The van der Waals surface area contributed by atoms with Gasteiger partial charge in [-0.25, -0.2) is 0 Å². The average molecular weight is 421 g/mol. The van der Waals surface area contributed by atoms with Gasteiger partial charge in [0.2, 0.25) is 11.7 Å². The molecule has 4 rings (SSSR count). The molecule has 2 aromatic carbocycles. The topological polar surface area (TPSA) is 63.8 Å². The molecule has 0 spiro atoms. The van der Waals surface area contributed by atoms with Gasteiger partial charge in [-0.2, -0.15) is 4.98 Å². The van der Waals surface area contributed by atoms with Gasteiger partial charge in [0.15, 0.2) is 0 Å². The summed E-state index contributed by atoms with van der Waals surface area (Å²) in [6.07, 6.45) is 1.80. The van der Waals surface area contributed by atoms with Gasteiger partial charge in [-0.3, -0.25) is 10.3 Å². The van der Waals surface area contributed by atoms with Crippen molar-refractivity contribution in [3.05, 3.63) is 101 Å². The standard InChI is InChI=1S/C21H17BrN4O/c22-17-10-6-9-16(13-17)21-25-19(27-26-21)14-24-20(15-7-2-1-3-8-15)18-11-4-5-12-23-18/h1-13,20,24H,14H2. The molecule has 6 heteroatoms. The molecule has 2 aromatic heterocycles. The first kappa shape index (κ1) is 17.6. The Morgan fingerprint density at radius 1 is 0.963 bits per heavy atom. The van der Waals surface area contributed by atoms with Crippen LogP contribution in [0.25, 0.3) is 11.4 Å². The Morgan fingerprint density at radius 2 is 1.81 bits per heavy atom. The van der Waals surface area contributed by atoms with Crippen LogP contribution in [0.4, 0.5) is 0 Å². The van der Waals surface area contributed by atoms with Gasteiger partial charge in [-0.05, 0) is 29.8 Å². The summed E-state index contributed by atoms with van der Waals surface area (Å²) in [6.45, 7) is 0.442. The Kier molecular flexibility index (Phi) is 5.37. The Hall–Kier alpha value is -2.83. The molecule has 0 saturated heterocycles. The van der Waals surface area contributed by atoms with E-state index in [9.17, 15) is 0 Å². The van der Waals surface area contributed by atoms with Gasteiger partial charge in [0.1, 0.15) is 0 Å². The maximum Gasteiger partial charge on any atom is 0.240 e. The fraction of sp³-hybridized carbons (Fsp3) is 0.0952. The van der Waals surface area contributed by atoms with Crippen LogP contribution in [0.15, 0.2) is 88.0 Å². The first-order chi connectivity index (χ1) is 13.3. The van der Waals surface area contributed by atoms with Gasteiger partial charge < -0.3 is 4.52 Å². The van der Waals surface area contributed by atoms with E-state index in [1.54, 1.807) is 6.20 Å². The van der Waals surface area contributed by atoms with E-state index in [0.717, 1.165) is 21.3 Å². The zero-order chi connectivity index (χ0) is 18.5. The zero-order valence-electron chi connectivity index (χ0n) is 14.4. The number of benzene rings is 2. The van der Waals surface area contributed by atoms with Crippen LogP contribution in [0.2, 0.25) is 0 Å². The Balaban J connectivity index is 1.53. The average Bonchev–Trinajstić information content (AvgIpc) is 3.19. The van der Waals surface area contributed by atoms with E-state index in [4.69, 9.17) is 4.52 Å². The fourth-order valence-corrected chi connectivity index (χ4v) is 3.25. The summed E-state index contributed by atoms with van der Waals surface area (Å²) in [5, 5.41) is 7.57. The minimum Gasteiger partial charge on any atom is -0.338 e. The second kappa shape index (κ2) is 8.24. The molecule has 134 valence electrons. The van der Waals surface area contributed by atoms with Crippen molar-refractivity contribution in [2.75, 3.05) is 0 Å². The van der Waals surface area contributed by atoms with E-state index in [1.165, 1.54) is 0 Å². The van der Waals surface area contributed by atoms with Gasteiger partial charge >= 0.3 is 0 Å². The minimum atomic E-state index is -0.0615. The van der Waals surface area contributed by atoms with E-state index >= 15 is 0 Å². The third-order valence-electron chi connectivity index (χ3n) is 4.12. The number of nitrogens with zero attached hydrogens (tertiary/aromatic N) is 3. The molecule has 0 aliphatic heterocycles. The highest BCUT2D eigenvalue weighted by molar-refractivity contribution is 9.10. The normalized spacial score (nSPS) is 12.0. The number of hydrogen-bond donors (Lipinski definition) is 1. The predicted molar refractivity (Wildman–Crippen MR) is 107 cm³/mol. The van der Waals surface area contributed by atoms with Crippen LogP contribution in [-0.2, 0) is 6.54 Å². The first-order valence-electron chi connectivity index (χ1n) is 8.57. The molecule has 1 unspecified atom stereocenters. The molecule has 0 aliphatic carbocycles. The first-order valence-corrected chi connectivity index (χ1v) is 9.37. The molecule has 5 nitrogen and oxygen atoms in total. The lowest BCUT2D eigenvalue weighted by Crippen LogP contribution is -2.23. The lowest BCUT2D eigenvalue weighted by Gasteiger charge is -2.17. The quantitative estimate of drug-likeness (QED) is 0.486. The van der Waals surface area contributed by atoms with E-state index in [0.29, 0.717) is 18.3 Å². The lowest BCUT2D eigenvalue weighted by molar-refractivity contribution is 0.362. The zero-order valence-corrected chi connectivity index (χ0v) is 16.0. The molecule has 0 fully saturated rings. The molecule has 4 aromatic rings. The van der Waals surface area contributed by atoms with E-state index < -0.39 is 0 Å². The Morgan fingerprint density at radius 3 is 2.59 bits per heavy atom. The molecule has 1 atom stereocenters. The number of rotatable bonds is 6. The fourth-order valence-electron chi connectivity index (χ4n) is 2.85. The summed E-state index contributed by atoms with van der Waals surface area (Å²) < 4.78 is 6.40. The molecule has 0 aliphatic rings. The highest BCUT2D eigenvalue weighted by Gasteiger charge is 2.16. The molecular weight excluding hydrogens is 404 g/mol. The SMILES string of the molecule is Brc1cccc(-c2noc(CNC(c3ccccc3)c3ccccn3)n2)c1. The predicted octanol–water partition coefficient (Wildman–Crippen LogP) is 4.77. The number of hydrogen-bond acceptors (Lipinski definition) is 5. The van der Waals surface area contributed by atoms with Crippen LogP contribution in [0.5, 0.6) is 0 Å². The monoisotopic (exact) mass is 420 g/mol. The highest BCUT2D eigenvalue weighted by Crippen LogP contribution is 2.22. The molecule has 27 heavy (non-hydrogen) atoms. The van der Waals surface area contributed by atoms with Gasteiger partial charge in [0.05, 0.1) is 18.3 Å². The van der Waals surface area contributed by atoms with Crippen molar-refractivity contribution in [2.45, 2.75) is 12.6 Å². The maximum absolute atomic E-state index is 5.42. The van der Waals surface area contributed by atoms with E-state index in [-0.39, 0.29) is 6.04 Å². The molecule has 1 N–H and O–H groups in total. The smallest absolute Gasteiger partial charge is 0.240 e. The largest absolute Gasteiger partial charge is 0.338 e. The van der Waals surface area contributed by atoms with Crippen molar-refractivity contribution in [2.24, 2.45) is 0 Å². The highest BCUT2D eigenvalue weighted by atomic mass is 79.9. The molecule has 0 amide bonds. The van der Waals surface area contributed by atoms with Gasteiger partial charge in [-0.1, -0.05) is 69.6 Å². The second-order valence-corrected chi connectivity index (χ2v) is 6.92. The van der Waals surface area contributed by atoms with Crippen molar-refractivity contribution < 1.29 is 4.52 Å². The second-order valence-electron chi connectivity index (χ2n) is 6.00. The van der Waals surface area contributed by atoms with Crippen molar-refractivity contribution >= 4 is 15.9 Å². The summed E-state index contributed by atoms with van der Waals surface area (Å²) in [5.41, 5.74) is 2.97. The summed E-state index contributed by atoms with van der Waals surface area (Å²) >= 11 is 3.46. The summed E-state index contributed by atoms with van der Waals surface area (Å²) in [6, 6.07) is 23.8. The number of pyridine rings is 1. The summed E-state index contributed by atoms with van der Waals surface area (Å²) in [7, 11) is 0. The molecule has 0 saturated carbocycles. The minimum absolute atomic E-state index is 0.0615. The maximum atomic E-state index is 5.42. The van der Waals surface area contributed by atoms with Gasteiger partial charge in [0, 0.05) is 16.2 Å². The molecule has 0 radical (unpaired) electrons. The van der Waals surface area contributed by atoms with E-state index in [2.05, 4.69) is 48.5 Å². The number of aromatic nitrogens is 3. The number of halogens is 1. The lowest BCUT2D eigenvalue weighted by atomic mass is 10.0. The van der Waals surface area contributed by atoms with Crippen molar-refractivity contribution in [3.8, 4) is 11.4 Å². The summed E-state index contributed by atoms with van der Waals surface area (Å²) in [4.78, 5) is 9.00. The van der Waals surface area contributed by atoms with Crippen LogP contribution >= 0.6 is 15.9 Å². The Bertz CT molecular complexity index is 965. The van der Waals surface area contributed by atoms with Crippen LogP contribution in [0, 0.1) is 0 Å². The van der Waals surface area contributed by atoms with E-state index in [1.807, 2.05) is 60.7 Å². The van der Waals surface area contributed by atoms with Crippen molar-refractivity contribution in [3.63, 3.8) is 0 Å². The molecule has 0 bridgehead atoms. The van der Waals surface area contributed by atoms with Gasteiger partial charge in [0.25, 0.3) is 0 Å². The van der Waals surface area contributed by atoms with Crippen LogP contribution < -0.4 is 5.32 Å². The van der Waals surface area contributed by atoms with Gasteiger partial charge in [-0.15, -0.1) is 0 Å². The van der Waals surface area contributed by atoms with Crippen LogP contribution in [0.1, 0.15) is 23.2 Å². The number of nitrogens with one attached hydrogen (secondary N) is 1. The molecule has 2 heterocycles. The Labute approximate surface area is 165 Å². The van der Waals surface area contributed by atoms with Crippen molar-refractivity contribution in [1.82, 2.24) is 20.4 Å². The van der Waals surface area contributed by atoms with Crippen LogP contribution in [-0.4, -0.2) is 15.1 Å². The molecular formula is C21H17BrN4O.